The molecule has 0 saturated carbocycles. The van der Waals surface area contributed by atoms with Crippen molar-refractivity contribution in [2.45, 2.75) is 46.4 Å². The van der Waals surface area contributed by atoms with Crippen LogP contribution in [0.4, 0.5) is 0 Å². The number of carbonyl (C=O) groups is 1. The summed E-state index contributed by atoms with van der Waals surface area (Å²) in [4.78, 5) is 33.6. The van der Waals surface area contributed by atoms with Crippen LogP contribution in [-0.4, -0.2) is 77.2 Å². The van der Waals surface area contributed by atoms with Gasteiger partial charge in [0, 0.05) is 51.4 Å². The summed E-state index contributed by atoms with van der Waals surface area (Å²) in [6.07, 6.45) is 2.30. The first-order chi connectivity index (χ1) is 13.5. The second-order valence-corrected chi connectivity index (χ2v) is 8.17. The number of hydrogen-bond donors (Lipinski definition) is 1. The molecule has 0 spiro atoms. The lowest BCUT2D eigenvalue weighted by molar-refractivity contribution is -0.123. The summed E-state index contributed by atoms with van der Waals surface area (Å²) in [5.74, 6) is 0.625. The molecule has 3 rings (SSSR count). The first kappa shape index (κ1) is 21.0. The van der Waals surface area contributed by atoms with Gasteiger partial charge in [0.1, 0.15) is 0 Å². The van der Waals surface area contributed by atoms with E-state index in [-0.39, 0.29) is 17.6 Å². The number of nitrogens with zero attached hydrogens (tertiary/aromatic N) is 4. The minimum absolute atomic E-state index is 0.00469. The third-order valence-corrected chi connectivity index (χ3v) is 5.35. The lowest BCUT2D eigenvalue weighted by Gasteiger charge is -2.34. The molecule has 1 amide bonds. The molecule has 8 nitrogen and oxygen atoms in total. The van der Waals surface area contributed by atoms with Gasteiger partial charge in [0.2, 0.25) is 5.91 Å². The van der Waals surface area contributed by atoms with Gasteiger partial charge in [0.05, 0.1) is 31.3 Å². The first-order valence-electron chi connectivity index (χ1n) is 10.4. The van der Waals surface area contributed by atoms with Crippen LogP contribution in [0.25, 0.3) is 0 Å². The molecule has 2 aliphatic rings. The van der Waals surface area contributed by atoms with E-state index in [1.807, 2.05) is 11.8 Å². The predicted molar refractivity (Wildman–Crippen MR) is 107 cm³/mol. The van der Waals surface area contributed by atoms with Crippen LogP contribution in [0.5, 0.6) is 0 Å². The molecule has 2 aliphatic heterocycles. The van der Waals surface area contributed by atoms with Crippen molar-refractivity contribution < 1.29 is 9.53 Å². The molecule has 0 bridgehead atoms. The van der Waals surface area contributed by atoms with Gasteiger partial charge in [-0.05, 0) is 19.3 Å². The van der Waals surface area contributed by atoms with Crippen molar-refractivity contribution in [1.82, 2.24) is 24.7 Å². The van der Waals surface area contributed by atoms with Crippen LogP contribution in [-0.2, 0) is 29.0 Å². The Morgan fingerprint density at radius 1 is 1.36 bits per heavy atom. The zero-order valence-corrected chi connectivity index (χ0v) is 17.3. The van der Waals surface area contributed by atoms with Crippen molar-refractivity contribution in [2.75, 3.05) is 45.9 Å². The number of ether oxygens (including phenoxy) is 1. The molecular weight excluding hydrogens is 358 g/mol. The van der Waals surface area contributed by atoms with Crippen molar-refractivity contribution in [3.8, 4) is 0 Å². The monoisotopic (exact) mass is 391 g/mol. The van der Waals surface area contributed by atoms with Gasteiger partial charge in [-0.25, -0.2) is 4.98 Å². The van der Waals surface area contributed by atoms with Crippen molar-refractivity contribution in [3.63, 3.8) is 0 Å². The van der Waals surface area contributed by atoms with Crippen LogP contribution in [0.3, 0.4) is 0 Å². The SMILES string of the molecule is CCn1cnc2c(c1=O)CCN(CC(=O)NCC1CN(CC(C)C)CCO1)C2. The molecule has 1 aromatic heterocycles. The fourth-order valence-electron chi connectivity index (χ4n) is 3.95. The molecule has 3 heterocycles. The van der Waals surface area contributed by atoms with Gasteiger partial charge >= 0.3 is 0 Å². The molecule has 8 heteroatoms. The summed E-state index contributed by atoms with van der Waals surface area (Å²) in [5.41, 5.74) is 1.65. The number of rotatable bonds is 7. The van der Waals surface area contributed by atoms with Crippen molar-refractivity contribution >= 4 is 5.91 Å². The Morgan fingerprint density at radius 3 is 2.93 bits per heavy atom. The molecule has 156 valence electrons. The molecule has 0 aromatic carbocycles. The van der Waals surface area contributed by atoms with Crippen LogP contribution >= 0.6 is 0 Å². The van der Waals surface area contributed by atoms with E-state index >= 15 is 0 Å². The number of carbonyl (C=O) groups excluding carboxylic acids is 1. The largest absolute Gasteiger partial charge is 0.374 e. The maximum absolute atomic E-state index is 12.4. The van der Waals surface area contributed by atoms with Crippen molar-refractivity contribution in [2.24, 2.45) is 5.92 Å². The molecule has 28 heavy (non-hydrogen) atoms. The second-order valence-electron chi connectivity index (χ2n) is 8.17. The normalized spacial score (nSPS) is 20.9. The second kappa shape index (κ2) is 9.62. The standard InChI is InChI=1S/C20H33N5O3/c1-4-25-14-22-18-12-23(6-5-17(18)20(25)27)13-19(26)21-9-16-11-24(7-8-28-16)10-15(2)3/h14-16H,4-13H2,1-3H3,(H,21,26). The molecule has 0 aliphatic carbocycles. The van der Waals surface area contributed by atoms with Gasteiger partial charge in [-0.2, -0.15) is 0 Å². The lowest BCUT2D eigenvalue weighted by Crippen LogP contribution is -2.49. The van der Waals surface area contributed by atoms with E-state index in [1.165, 1.54) is 0 Å². The average Bonchev–Trinajstić information content (AvgIpc) is 2.66. The zero-order chi connectivity index (χ0) is 20.1. The number of hydrogen-bond acceptors (Lipinski definition) is 6. The Hall–Kier alpha value is -1.77. The average molecular weight is 392 g/mol. The van der Waals surface area contributed by atoms with E-state index in [1.54, 1.807) is 10.9 Å². The smallest absolute Gasteiger partial charge is 0.256 e. The summed E-state index contributed by atoms with van der Waals surface area (Å²) in [6, 6.07) is 0. The number of fused-ring (bicyclic) bond motifs is 1. The molecule has 1 saturated heterocycles. The quantitative estimate of drug-likeness (QED) is 0.710. The highest BCUT2D eigenvalue weighted by molar-refractivity contribution is 5.78. The van der Waals surface area contributed by atoms with Crippen LogP contribution in [0.2, 0.25) is 0 Å². The van der Waals surface area contributed by atoms with Crippen molar-refractivity contribution in [3.05, 3.63) is 27.9 Å². The van der Waals surface area contributed by atoms with Crippen LogP contribution < -0.4 is 10.9 Å². The van der Waals surface area contributed by atoms with E-state index in [0.717, 1.165) is 37.5 Å². The number of morpholine rings is 1. The highest BCUT2D eigenvalue weighted by Crippen LogP contribution is 2.13. The van der Waals surface area contributed by atoms with Crippen molar-refractivity contribution in [1.29, 1.82) is 0 Å². The summed E-state index contributed by atoms with van der Waals surface area (Å²) in [7, 11) is 0. The van der Waals surface area contributed by atoms with Gasteiger partial charge < -0.3 is 10.1 Å². The Bertz CT molecular complexity index is 733. The summed E-state index contributed by atoms with van der Waals surface area (Å²) >= 11 is 0. The summed E-state index contributed by atoms with van der Waals surface area (Å²) < 4.78 is 7.43. The Balaban J connectivity index is 1.46. The number of nitrogens with one attached hydrogen (secondary N) is 1. The molecule has 1 fully saturated rings. The highest BCUT2D eigenvalue weighted by atomic mass is 16.5. The Labute approximate surface area is 166 Å². The van der Waals surface area contributed by atoms with E-state index < -0.39 is 0 Å². The van der Waals surface area contributed by atoms with E-state index in [9.17, 15) is 9.59 Å². The summed E-state index contributed by atoms with van der Waals surface area (Å²) in [6.45, 7) is 12.7. The minimum Gasteiger partial charge on any atom is -0.374 e. The predicted octanol–water partition coefficient (Wildman–Crippen LogP) is 0.0943. The fourth-order valence-corrected chi connectivity index (χ4v) is 3.95. The third-order valence-electron chi connectivity index (χ3n) is 5.35. The van der Waals surface area contributed by atoms with E-state index in [0.29, 0.717) is 45.1 Å². The molecule has 1 N–H and O–H groups in total. The first-order valence-corrected chi connectivity index (χ1v) is 10.4. The minimum atomic E-state index is -0.00469. The van der Waals surface area contributed by atoms with Gasteiger partial charge in [-0.3, -0.25) is 24.0 Å². The van der Waals surface area contributed by atoms with Gasteiger partial charge in [-0.15, -0.1) is 0 Å². The fraction of sp³-hybridized carbons (Fsp3) is 0.750. The highest BCUT2D eigenvalue weighted by Gasteiger charge is 2.24. The summed E-state index contributed by atoms with van der Waals surface area (Å²) in [5, 5.41) is 3.01. The zero-order valence-electron chi connectivity index (χ0n) is 17.3. The molecule has 1 unspecified atom stereocenters. The number of aryl methyl sites for hydroxylation is 1. The molecule has 0 radical (unpaired) electrons. The van der Waals surface area contributed by atoms with E-state index in [2.05, 4.69) is 29.0 Å². The number of amides is 1. The van der Waals surface area contributed by atoms with Crippen LogP contribution in [0.15, 0.2) is 11.1 Å². The Morgan fingerprint density at radius 2 is 2.18 bits per heavy atom. The number of aromatic nitrogens is 2. The lowest BCUT2D eigenvalue weighted by atomic mass is 10.1. The third kappa shape index (κ3) is 5.40. The maximum atomic E-state index is 12.4. The van der Waals surface area contributed by atoms with E-state index in [4.69, 9.17) is 4.74 Å². The Kier molecular flexibility index (Phi) is 7.20. The van der Waals surface area contributed by atoms with Gasteiger partial charge in [-0.1, -0.05) is 13.8 Å². The van der Waals surface area contributed by atoms with Gasteiger partial charge in [0.15, 0.2) is 0 Å². The van der Waals surface area contributed by atoms with Crippen LogP contribution in [0, 0.1) is 5.92 Å². The van der Waals surface area contributed by atoms with Crippen LogP contribution in [0.1, 0.15) is 32.0 Å². The molecular formula is C20H33N5O3. The maximum Gasteiger partial charge on any atom is 0.256 e. The topological polar surface area (TPSA) is 79.7 Å². The molecule has 1 aromatic rings. The van der Waals surface area contributed by atoms with Gasteiger partial charge in [0.25, 0.3) is 5.56 Å². The molecule has 1 atom stereocenters.